The smallest absolute Gasteiger partial charge is 0.328 e. The van der Waals surface area contributed by atoms with Gasteiger partial charge in [0, 0.05) is 18.3 Å². The Kier molecular flexibility index (Phi) is 5.11. The summed E-state index contributed by atoms with van der Waals surface area (Å²) in [6.45, 7) is 2.69. The maximum Gasteiger partial charge on any atom is 0.328 e. The van der Waals surface area contributed by atoms with Gasteiger partial charge in [0.15, 0.2) is 0 Å². The Bertz CT molecular complexity index is 507. The summed E-state index contributed by atoms with van der Waals surface area (Å²) in [6, 6.07) is 2.85. The van der Waals surface area contributed by atoms with Crippen molar-refractivity contribution in [3.05, 3.63) is 28.5 Å². The first-order chi connectivity index (χ1) is 9.63. The maximum atomic E-state index is 12.5. The normalized spacial score (nSPS) is 18.7. The molecule has 2 rings (SSSR count). The number of amides is 1. The molecule has 1 amide bonds. The summed E-state index contributed by atoms with van der Waals surface area (Å²) < 4.78 is 5.67. The van der Waals surface area contributed by atoms with E-state index in [0.717, 1.165) is 12.8 Å². The van der Waals surface area contributed by atoms with Crippen molar-refractivity contribution >= 4 is 27.8 Å². The molecule has 2 heterocycles. The monoisotopic (exact) mass is 340 g/mol. The van der Waals surface area contributed by atoms with Gasteiger partial charge in [-0.25, -0.2) is 9.78 Å². The molecule has 108 valence electrons. The summed E-state index contributed by atoms with van der Waals surface area (Å²) in [5, 5.41) is 0. The number of nitrogens with zero attached hydrogens (tertiary/aromatic N) is 2. The Balaban J connectivity index is 2.19. The van der Waals surface area contributed by atoms with Crippen molar-refractivity contribution in [3.8, 4) is 0 Å². The number of pyridine rings is 1. The van der Waals surface area contributed by atoms with Crippen LogP contribution in [0.25, 0.3) is 0 Å². The Morgan fingerprint density at radius 3 is 3.00 bits per heavy atom. The van der Waals surface area contributed by atoms with E-state index in [1.807, 2.05) is 0 Å². The van der Waals surface area contributed by atoms with Crippen LogP contribution in [0.1, 0.15) is 36.5 Å². The van der Waals surface area contributed by atoms with Crippen molar-refractivity contribution in [1.29, 1.82) is 0 Å². The van der Waals surface area contributed by atoms with Crippen molar-refractivity contribution < 1.29 is 14.3 Å². The molecule has 0 bridgehead atoms. The third-order valence-electron chi connectivity index (χ3n) is 3.30. The third-order valence-corrected chi connectivity index (χ3v) is 3.73. The van der Waals surface area contributed by atoms with Gasteiger partial charge in [0.05, 0.1) is 6.61 Å². The predicted molar refractivity (Wildman–Crippen MR) is 77.2 cm³/mol. The number of esters is 1. The predicted octanol–water partition coefficient (Wildman–Crippen LogP) is 2.40. The van der Waals surface area contributed by atoms with Crippen LogP contribution in [0.5, 0.6) is 0 Å². The van der Waals surface area contributed by atoms with Crippen molar-refractivity contribution in [2.75, 3.05) is 13.2 Å². The fourth-order valence-electron chi connectivity index (χ4n) is 2.36. The van der Waals surface area contributed by atoms with Crippen LogP contribution in [0.15, 0.2) is 22.9 Å². The molecule has 1 aromatic heterocycles. The van der Waals surface area contributed by atoms with Gasteiger partial charge in [0.25, 0.3) is 5.91 Å². The van der Waals surface area contributed by atoms with E-state index in [1.165, 1.54) is 0 Å². The Labute approximate surface area is 126 Å². The number of likely N-dealkylation sites (tertiary alicyclic amines) is 1. The minimum Gasteiger partial charge on any atom is -0.464 e. The molecule has 1 aromatic rings. The molecule has 0 saturated carbocycles. The number of carbonyl (C=O) groups excluding carboxylic acids is 2. The van der Waals surface area contributed by atoms with E-state index in [-0.39, 0.29) is 11.9 Å². The van der Waals surface area contributed by atoms with E-state index in [9.17, 15) is 9.59 Å². The van der Waals surface area contributed by atoms with Gasteiger partial charge in [-0.05, 0) is 54.2 Å². The summed E-state index contributed by atoms with van der Waals surface area (Å²) in [7, 11) is 0. The van der Waals surface area contributed by atoms with E-state index < -0.39 is 6.04 Å². The van der Waals surface area contributed by atoms with Crippen LogP contribution in [0.3, 0.4) is 0 Å². The van der Waals surface area contributed by atoms with E-state index in [4.69, 9.17) is 4.74 Å². The van der Waals surface area contributed by atoms with Crippen LogP contribution in [-0.2, 0) is 9.53 Å². The van der Waals surface area contributed by atoms with Gasteiger partial charge in [0.1, 0.15) is 10.6 Å². The summed E-state index contributed by atoms with van der Waals surface area (Å²) in [5.41, 5.74) is 0.531. The molecule has 0 N–H and O–H groups in total. The Morgan fingerprint density at radius 2 is 2.30 bits per heavy atom. The average molecular weight is 341 g/mol. The number of carbonyl (C=O) groups is 2. The zero-order chi connectivity index (χ0) is 14.5. The number of rotatable bonds is 3. The molecule has 1 unspecified atom stereocenters. The first-order valence-electron chi connectivity index (χ1n) is 6.72. The second kappa shape index (κ2) is 6.83. The van der Waals surface area contributed by atoms with Crippen LogP contribution in [0, 0.1) is 0 Å². The minimum atomic E-state index is -0.469. The summed E-state index contributed by atoms with van der Waals surface area (Å²) in [4.78, 5) is 30.1. The second-order valence-electron chi connectivity index (χ2n) is 4.63. The number of halogens is 1. The molecular weight excluding hydrogens is 324 g/mol. The molecule has 0 aliphatic carbocycles. The standard InChI is InChI=1S/C14H17BrN2O3/c1-2-20-14(19)11-5-3-4-8-17(11)13(18)10-6-7-16-12(15)9-10/h6-7,9,11H,2-5,8H2,1H3. The highest BCUT2D eigenvalue weighted by Gasteiger charge is 2.33. The van der Waals surface area contributed by atoms with Gasteiger partial charge < -0.3 is 9.64 Å². The molecule has 0 spiro atoms. The highest BCUT2D eigenvalue weighted by Crippen LogP contribution is 2.21. The van der Waals surface area contributed by atoms with E-state index in [2.05, 4.69) is 20.9 Å². The van der Waals surface area contributed by atoms with Crippen molar-refractivity contribution in [1.82, 2.24) is 9.88 Å². The van der Waals surface area contributed by atoms with Gasteiger partial charge in [0.2, 0.25) is 0 Å². The molecule has 0 radical (unpaired) electrons. The van der Waals surface area contributed by atoms with Gasteiger partial charge in [-0.3, -0.25) is 4.79 Å². The SMILES string of the molecule is CCOC(=O)C1CCCCN1C(=O)c1ccnc(Br)c1. The zero-order valence-corrected chi connectivity index (χ0v) is 12.9. The minimum absolute atomic E-state index is 0.147. The lowest BCUT2D eigenvalue weighted by molar-refractivity contribution is -0.149. The fraction of sp³-hybridized carbons (Fsp3) is 0.500. The number of aromatic nitrogens is 1. The molecule has 20 heavy (non-hydrogen) atoms. The third kappa shape index (κ3) is 3.36. The lowest BCUT2D eigenvalue weighted by atomic mass is 10.0. The molecule has 0 aromatic carbocycles. The van der Waals surface area contributed by atoms with Crippen molar-refractivity contribution in [3.63, 3.8) is 0 Å². The number of hydrogen-bond donors (Lipinski definition) is 0. The van der Waals surface area contributed by atoms with Crippen LogP contribution in [-0.4, -0.2) is 41.0 Å². The first kappa shape index (κ1) is 15.0. The quantitative estimate of drug-likeness (QED) is 0.626. The number of piperidine rings is 1. The fourth-order valence-corrected chi connectivity index (χ4v) is 2.72. The van der Waals surface area contributed by atoms with Crippen LogP contribution < -0.4 is 0 Å². The van der Waals surface area contributed by atoms with Crippen LogP contribution in [0.2, 0.25) is 0 Å². The van der Waals surface area contributed by atoms with Gasteiger partial charge >= 0.3 is 5.97 Å². The molecular formula is C14H17BrN2O3. The maximum absolute atomic E-state index is 12.5. The molecule has 1 atom stereocenters. The average Bonchev–Trinajstić information content (AvgIpc) is 2.47. The molecule has 1 aliphatic heterocycles. The summed E-state index contributed by atoms with van der Waals surface area (Å²) >= 11 is 3.25. The Hall–Kier alpha value is -1.43. The summed E-state index contributed by atoms with van der Waals surface area (Å²) in [6.07, 6.45) is 4.08. The Morgan fingerprint density at radius 1 is 1.50 bits per heavy atom. The lowest BCUT2D eigenvalue weighted by Gasteiger charge is -2.34. The van der Waals surface area contributed by atoms with E-state index in [1.54, 1.807) is 30.2 Å². The van der Waals surface area contributed by atoms with Gasteiger partial charge in [-0.15, -0.1) is 0 Å². The second-order valence-corrected chi connectivity index (χ2v) is 5.44. The number of hydrogen-bond acceptors (Lipinski definition) is 4. The van der Waals surface area contributed by atoms with E-state index >= 15 is 0 Å². The topological polar surface area (TPSA) is 59.5 Å². The molecule has 6 heteroatoms. The molecule has 1 saturated heterocycles. The van der Waals surface area contributed by atoms with E-state index in [0.29, 0.717) is 29.7 Å². The molecule has 1 fully saturated rings. The highest BCUT2D eigenvalue weighted by molar-refractivity contribution is 9.10. The largest absolute Gasteiger partial charge is 0.464 e. The summed E-state index contributed by atoms with van der Waals surface area (Å²) in [5.74, 6) is -0.459. The molecule has 5 nitrogen and oxygen atoms in total. The lowest BCUT2D eigenvalue weighted by Crippen LogP contribution is -2.48. The van der Waals surface area contributed by atoms with Crippen molar-refractivity contribution in [2.45, 2.75) is 32.2 Å². The van der Waals surface area contributed by atoms with Gasteiger partial charge in [-0.2, -0.15) is 0 Å². The van der Waals surface area contributed by atoms with Crippen molar-refractivity contribution in [2.24, 2.45) is 0 Å². The van der Waals surface area contributed by atoms with Crippen LogP contribution in [0.4, 0.5) is 0 Å². The van der Waals surface area contributed by atoms with Gasteiger partial charge in [-0.1, -0.05) is 0 Å². The zero-order valence-electron chi connectivity index (χ0n) is 11.3. The highest BCUT2D eigenvalue weighted by atomic mass is 79.9. The molecule has 1 aliphatic rings. The first-order valence-corrected chi connectivity index (χ1v) is 7.52. The van der Waals surface area contributed by atoms with Crippen LogP contribution >= 0.6 is 15.9 Å². The number of ether oxygens (including phenoxy) is 1.